The number of carbonyl (C=O) groups is 2. The number of carboxylic acids is 1. The average molecular weight is 262 g/mol. The van der Waals surface area contributed by atoms with Gasteiger partial charge in [-0.3, -0.25) is 4.79 Å². The molecule has 5 heteroatoms. The third kappa shape index (κ3) is 3.32. The van der Waals surface area contributed by atoms with Crippen LogP contribution in [0.25, 0.3) is 0 Å². The van der Waals surface area contributed by atoms with Crippen molar-refractivity contribution in [1.82, 2.24) is 4.90 Å². The zero-order valence-electron chi connectivity index (χ0n) is 10.7. The van der Waals surface area contributed by atoms with E-state index >= 15 is 0 Å². The summed E-state index contributed by atoms with van der Waals surface area (Å²) in [6.07, 6.45) is 1.30. The molecule has 1 fully saturated rings. The van der Waals surface area contributed by atoms with Crippen molar-refractivity contribution in [2.24, 2.45) is 5.73 Å². The third-order valence-electron chi connectivity index (χ3n) is 3.40. The van der Waals surface area contributed by atoms with Gasteiger partial charge in [0.2, 0.25) is 5.91 Å². The van der Waals surface area contributed by atoms with Crippen LogP contribution < -0.4 is 5.73 Å². The molecule has 1 aliphatic heterocycles. The van der Waals surface area contributed by atoms with Crippen molar-refractivity contribution in [2.75, 3.05) is 6.54 Å². The molecule has 2 atom stereocenters. The summed E-state index contributed by atoms with van der Waals surface area (Å²) in [4.78, 5) is 24.4. The minimum Gasteiger partial charge on any atom is -0.480 e. The Morgan fingerprint density at radius 1 is 1.42 bits per heavy atom. The van der Waals surface area contributed by atoms with Gasteiger partial charge in [-0.25, -0.2) is 4.79 Å². The number of rotatable bonds is 5. The number of hydrogen-bond acceptors (Lipinski definition) is 3. The van der Waals surface area contributed by atoms with E-state index in [1.807, 2.05) is 30.3 Å². The van der Waals surface area contributed by atoms with E-state index in [0.29, 0.717) is 19.4 Å². The number of nitrogens with two attached hydrogens (primary N) is 1. The first kappa shape index (κ1) is 13.5. The second-order valence-electron chi connectivity index (χ2n) is 4.89. The summed E-state index contributed by atoms with van der Waals surface area (Å²) in [5.41, 5.74) is 6.78. The molecule has 0 aliphatic carbocycles. The SMILES string of the molecule is NC1CC(=O)N([C@@H](CCc2ccccc2)C(=O)O)C1. The molecule has 0 aromatic heterocycles. The first-order chi connectivity index (χ1) is 9.08. The van der Waals surface area contributed by atoms with E-state index in [4.69, 9.17) is 5.73 Å². The summed E-state index contributed by atoms with van der Waals surface area (Å²) in [5, 5.41) is 9.28. The highest BCUT2D eigenvalue weighted by Gasteiger charge is 2.35. The number of nitrogens with zero attached hydrogens (tertiary/aromatic N) is 1. The standard InChI is InChI=1S/C14H18N2O3/c15-11-8-13(17)16(9-11)12(14(18)19)7-6-10-4-2-1-3-5-10/h1-5,11-12H,6-9,15H2,(H,18,19)/t11?,12-/m0/s1. The number of likely N-dealkylation sites (tertiary alicyclic amines) is 1. The maximum Gasteiger partial charge on any atom is 0.326 e. The highest BCUT2D eigenvalue weighted by atomic mass is 16.4. The van der Waals surface area contributed by atoms with Gasteiger partial charge in [0, 0.05) is 19.0 Å². The van der Waals surface area contributed by atoms with Crippen LogP contribution in [-0.4, -0.2) is 40.5 Å². The Labute approximate surface area is 112 Å². The Balaban J connectivity index is 2.01. The van der Waals surface area contributed by atoms with Crippen LogP contribution in [-0.2, 0) is 16.0 Å². The van der Waals surface area contributed by atoms with Gasteiger partial charge in [0.25, 0.3) is 0 Å². The number of amides is 1. The van der Waals surface area contributed by atoms with Gasteiger partial charge in [0.15, 0.2) is 0 Å². The number of carbonyl (C=O) groups excluding carboxylic acids is 1. The van der Waals surface area contributed by atoms with E-state index in [-0.39, 0.29) is 18.4 Å². The van der Waals surface area contributed by atoms with Crippen molar-refractivity contribution in [1.29, 1.82) is 0 Å². The quantitative estimate of drug-likeness (QED) is 0.815. The van der Waals surface area contributed by atoms with Crippen LogP contribution in [0.3, 0.4) is 0 Å². The van der Waals surface area contributed by atoms with Crippen LogP contribution in [0.15, 0.2) is 30.3 Å². The lowest BCUT2D eigenvalue weighted by molar-refractivity contribution is -0.148. The molecule has 1 amide bonds. The molecule has 3 N–H and O–H groups in total. The van der Waals surface area contributed by atoms with E-state index in [0.717, 1.165) is 5.56 Å². The predicted octanol–water partition coefficient (Wildman–Crippen LogP) is 0.632. The minimum absolute atomic E-state index is 0.159. The summed E-state index contributed by atoms with van der Waals surface area (Å²) in [6, 6.07) is 8.64. The Hall–Kier alpha value is -1.88. The highest BCUT2D eigenvalue weighted by molar-refractivity contribution is 5.85. The van der Waals surface area contributed by atoms with Gasteiger partial charge in [-0.1, -0.05) is 30.3 Å². The number of aliphatic carboxylic acids is 1. The van der Waals surface area contributed by atoms with Crippen molar-refractivity contribution < 1.29 is 14.7 Å². The number of aryl methyl sites for hydroxylation is 1. The van der Waals surface area contributed by atoms with Gasteiger partial charge in [-0.2, -0.15) is 0 Å². The number of benzene rings is 1. The van der Waals surface area contributed by atoms with E-state index in [1.54, 1.807) is 0 Å². The molecule has 0 radical (unpaired) electrons. The fraction of sp³-hybridized carbons (Fsp3) is 0.429. The molecular formula is C14H18N2O3. The summed E-state index contributed by atoms with van der Waals surface area (Å²) in [5.74, 6) is -1.12. The summed E-state index contributed by atoms with van der Waals surface area (Å²) < 4.78 is 0. The van der Waals surface area contributed by atoms with Crippen LogP contribution in [0.4, 0.5) is 0 Å². The predicted molar refractivity (Wildman–Crippen MR) is 70.5 cm³/mol. The summed E-state index contributed by atoms with van der Waals surface area (Å²) in [7, 11) is 0. The van der Waals surface area contributed by atoms with Gasteiger partial charge in [0.1, 0.15) is 6.04 Å². The number of hydrogen-bond donors (Lipinski definition) is 2. The van der Waals surface area contributed by atoms with Gasteiger partial charge in [-0.15, -0.1) is 0 Å². The van der Waals surface area contributed by atoms with E-state index < -0.39 is 12.0 Å². The van der Waals surface area contributed by atoms with Crippen LogP contribution in [0.2, 0.25) is 0 Å². The molecule has 19 heavy (non-hydrogen) atoms. The summed E-state index contributed by atoms with van der Waals surface area (Å²) >= 11 is 0. The molecule has 1 aromatic rings. The van der Waals surface area contributed by atoms with Crippen molar-refractivity contribution in [3.63, 3.8) is 0 Å². The lowest BCUT2D eigenvalue weighted by atomic mass is 10.0. The topological polar surface area (TPSA) is 83.6 Å². The molecule has 1 heterocycles. The van der Waals surface area contributed by atoms with E-state index in [1.165, 1.54) is 4.90 Å². The second-order valence-corrected chi connectivity index (χ2v) is 4.89. The molecule has 0 spiro atoms. The monoisotopic (exact) mass is 262 g/mol. The zero-order chi connectivity index (χ0) is 13.8. The Kier molecular flexibility index (Phi) is 4.16. The lowest BCUT2D eigenvalue weighted by Gasteiger charge is -2.24. The van der Waals surface area contributed by atoms with E-state index in [2.05, 4.69) is 0 Å². The Morgan fingerprint density at radius 3 is 2.63 bits per heavy atom. The van der Waals surface area contributed by atoms with Crippen molar-refractivity contribution in [2.45, 2.75) is 31.3 Å². The van der Waals surface area contributed by atoms with E-state index in [9.17, 15) is 14.7 Å². The molecule has 5 nitrogen and oxygen atoms in total. The fourth-order valence-electron chi connectivity index (χ4n) is 2.42. The van der Waals surface area contributed by atoms with Crippen molar-refractivity contribution in [3.05, 3.63) is 35.9 Å². The maximum absolute atomic E-state index is 11.7. The van der Waals surface area contributed by atoms with Crippen LogP contribution >= 0.6 is 0 Å². The van der Waals surface area contributed by atoms with Gasteiger partial charge >= 0.3 is 5.97 Å². The third-order valence-corrected chi connectivity index (χ3v) is 3.40. The van der Waals surface area contributed by atoms with Crippen molar-refractivity contribution in [3.8, 4) is 0 Å². The van der Waals surface area contributed by atoms with Crippen LogP contribution in [0.5, 0.6) is 0 Å². The van der Waals surface area contributed by atoms with Gasteiger partial charge < -0.3 is 15.7 Å². The molecule has 1 unspecified atom stereocenters. The molecular weight excluding hydrogens is 244 g/mol. The molecule has 0 bridgehead atoms. The minimum atomic E-state index is -0.960. The normalized spacial score (nSPS) is 20.6. The highest BCUT2D eigenvalue weighted by Crippen LogP contribution is 2.17. The van der Waals surface area contributed by atoms with Gasteiger partial charge in [-0.05, 0) is 18.4 Å². The maximum atomic E-state index is 11.7. The van der Waals surface area contributed by atoms with Crippen molar-refractivity contribution >= 4 is 11.9 Å². The molecule has 2 rings (SSSR count). The fourth-order valence-corrected chi connectivity index (χ4v) is 2.42. The Bertz CT molecular complexity index is 461. The molecule has 0 saturated carbocycles. The smallest absolute Gasteiger partial charge is 0.326 e. The molecule has 102 valence electrons. The van der Waals surface area contributed by atoms with Gasteiger partial charge in [0.05, 0.1) is 0 Å². The summed E-state index contributed by atoms with van der Waals surface area (Å²) in [6.45, 7) is 0.338. The zero-order valence-corrected chi connectivity index (χ0v) is 10.7. The lowest BCUT2D eigenvalue weighted by Crippen LogP contribution is -2.43. The molecule has 1 aliphatic rings. The average Bonchev–Trinajstić information content (AvgIpc) is 2.70. The Morgan fingerprint density at radius 2 is 2.11 bits per heavy atom. The first-order valence-corrected chi connectivity index (χ1v) is 6.39. The first-order valence-electron chi connectivity index (χ1n) is 6.39. The van der Waals surface area contributed by atoms with Crippen LogP contribution in [0, 0.1) is 0 Å². The molecule has 1 aromatic carbocycles. The van der Waals surface area contributed by atoms with Crippen LogP contribution in [0.1, 0.15) is 18.4 Å². The number of carboxylic acid groups (broad SMARTS) is 1. The largest absolute Gasteiger partial charge is 0.480 e. The molecule has 1 saturated heterocycles. The second kappa shape index (κ2) is 5.84.